The summed E-state index contributed by atoms with van der Waals surface area (Å²) in [6.45, 7) is 2.46. The van der Waals surface area contributed by atoms with Crippen LogP contribution in [-0.2, 0) is 6.54 Å². The first-order valence-corrected chi connectivity index (χ1v) is 6.70. The van der Waals surface area contributed by atoms with Gasteiger partial charge >= 0.3 is 0 Å². The van der Waals surface area contributed by atoms with E-state index in [0.717, 1.165) is 22.6 Å². The third-order valence-corrected chi connectivity index (χ3v) is 3.50. The Morgan fingerprint density at radius 1 is 1.29 bits per heavy atom. The lowest BCUT2D eigenvalue weighted by Gasteiger charge is -2.11. The van der Waals surface area contributed by atoms with E-state index in [1.165, 1.54) is 12.1 Å². The molecule has 0 fully saturated rings. The predicted octanol–water partition coefficient (Wildman–Crippen LogP) is 4.18. The minimum atomic E-state index is -0.462. The highest BCUT2D eigenvalue weighted by molar-refractivity contribution is 6.31. The van der Waals surface area contributed by atoms with Gasteiger partial charge in [-0.25, -0.2) is 0 Å². The molecule has 1 N–H and O–H groups in total. The largest absolute Gasteiger partial charge is 0.497 e. The topological polar surface area (TPSA) is 64.4 Å². The van der Waals surface area contributed by atoms with Crippen molar-refractivity contribution in [2.45, 2.75) is 13.5 Å². The second kappa shape index (κ2) is 6.45. The number of hydrogen-bond acceptors (Lipinski definition) is 4. The second-order valence-corrected chi connectivity index (χ2v) is 4.97. The lowest BCUT2D eigenvalue weighted by Crippen LogP contribution is -2.02. The predicted molar refractivity (Wildman–Crippen MR) is 83.2 cm³/mol. The molecule has 6 heteroatoms. The number of nitrogens with zero attached hydrogens (tertiary/aromatic N) is 1. The van der Waals surface area contributed by atoms with E-state index < -0.39 is 4.92 Å². The van der Waals surface area contributed by atoms with Gasteiger partial charge < -0.3 is 10.1 Å². The second-order valence-electron chi connectivity index (χ2n) is 4.57. The van der Waals surface area contributed by atoms with Gasteiger partial charge in [-0.15, -0.1) is 0 Å². The number of benzene rings is 2. The maximum Gasteiger partial charge on any atom is 0.270 e. The van der Waals surface area contributed by atoms with Gasteiger partial charge in [0.25, 0.3) is 5.69 Å². The molecular weight excluding hydrogens is 292 g/mol. The highest BCUT2D eigenvalue weighted by atomic mass is 35.5. The van der Waals surface area contributed by atoms with Crippen molar-refractivity contribution in [2.24, 2.45) is 0 Å². The molecule has 0 bridgehead atoms. The summed E-state index contributed by atoms with van der Waals surface area (Å²) in [6, 6.07) is 10.2. The number of anilines is 1. The molecular formula is C15H15ClN2O3. The molecule has 0 saturated heterocycles. The van der Waals surface area contributed by atoms with Crippen LogP contribution in [0.1, 0.15) is 11.1 Å². The number of nitrogens with one attached hydrogen (secondary N) is 1. The summed E-state index contributed by atoms with van der Waals surface area (Å²) in [5.41, 5.74) is 2.81. The molecule has 21 heavy (non-hydrogen) atoms. The molecule has 0 saturated carbocycles. The summed E-state index contributed by atoms with van der Waals surface area (Å²) in [4.78, 5) is 10.2. The van der Waals surface area contributed by atoms with Crippen molar-refractivity contribution in [1.29, 1.82) is 0 Å². The van der Waals surface area contributed by atoms with Crippen molar-refractivity contribution in [2.75, 3.05) is 12.4 Å². The molecule has 0 spiro atoms. The molecule has 5 nitrogen and oxygen atoms in total. The Morgan fingerprint density at radius 2 is 2.05 bits per heavy atom. The van der Waals surface area contributed by atoms with Crippen LogP contribution in [0.5, 0.6) is 5.75 Å². The number of methoxy groups -OCH3 is 1. The molecule has 2 rings (SSSR count). The van der Waals surface area contributed by atoms with Crippen molar-refractivity contribution < 1.29 is 9.66 Å². The molecule has 0 heterocycles. The number of hydrogen-bond donors (Lipinski definition) is 1. The zero-order valence-electron chi connectivity index (χ0n) is 11.7. The normalized spacial score (nSPS) is 10.2. The molecule has 110 valence electrons. The van der Waals surface area contributed by atoms with Crippen LogP contribution in [0.15, 0.2) is 36.4 Å². The Labute approximate surface area is 127 Å². The van der Waals surface area contributed by atoms with Crippen molar-refractivity contribution in [3.8, 4) is 5.75 Å². The van der Waals surface area contributed by atoms with E-state index in [0.29, 0.717) is 11.6 Å². The summed E-state index contributed by atoms with van der Waals surface area (Å²) >= 11 is 6.06. The maximum absolute atomic E-state index is 10.7. The first-order valence-electron chi connectivity index (χ1n) is 6.32. The Hall–Kier alpha value is -2.27. The first-order chi connectivity index (χ1) is 10.0. The lowest BCUT2D eigenvalue weighted by molar-refractivity contribution is -0.384. The number of non-ortho nitro benzene ring substituents is 1. The highest BCUT2D eigenvalue weighted by Crippen LogP contribution is 2.25. The van der Waals surface area contributed by atoms with Crippen molar-refractivity contribution in [3.05, 3.63) is 62.7 Å². The minimum Gasteiger partial charge on any atom is -0.497 e. The van der Waals surface area contributed by atoms with E-state index >= 15 is 0 Å². The van der Waals surface area contributed by atoms with Gasteiger partial charge in [0.2, 0.25) is 0 Å². The average molecular weight is 307 g/mol. The first kappa shape index (κ1) is 15.1. The standard InChI is InChI=1S/C15H15ClN2O3/c1-10-7-13(21-2)5-6-15(10)17-9-11-3-4-12(18(19)20)8-14(11)16/h3-8,17H,9H2,1-2H3. The van der Waals surface area contributed by atoms with Gasteiger partial charge in [0.15, 0.2) is 0 Å². The SMILES string of the molecule is COc1ccc(NCc2ccc([N+](=O)[O-])cc2Cl)c(C)c1. The van der Waals surface area contributed by atoms with E-state index in [1.807, 2.05) is 25.1 Å². The molecule has 0 aliphatic heterocycles. The smallest absolute Gasteiger partial charge is 0.270 e. The lowest BCUT2D eigenvalue weighted by atomic mass is 10.1. The van der Waals surface area contributed by atoms with Crippen LogP contribution >= 0.6 is 11.6 Å². The average Bonchev–Trinajstić information content (AvgIpc) is 2.46. The van der Waals surface area contributed by atoms with Crippen LogP contribution in [-0.4, -0.2) is 12.0 Å². The summed E-state index contributed by atoms with van der Waals surface area (Å²) in [5, 5.41) is 14.3. The maximum atomic E-state index is 10.7. The molecule has 0 aliphatic rings. The molecule has 0 unspecified atom stereocenters. The van der Waals surface area contributed by atoms with E-state index in [4.69, 9.17) is 16.3 Å². The molecule has 2 aromatic carbocycles. The number of nitro groups is 1. The van der Waals surface area contributed by atoms with Gasteiger partial charge in [-0.1, -0.05) is 11.6 Å². The van der Waals surface area contributed by atoms with Crippen LogP contribution in [0, 0.1) is 17.0 Å². The zero-order chi connectivity index (χ0) is 15.4. The fraction of sp³-hybridized carbons (Fsp3) is 0.200. The molecule has 0 atom stereocenters. The van der Waals surface area contributed by atoms with Crippen LogP contribution in [0.4, 0.5) is 11.4 Å². The molecule has 0 amide bonds. The number of halogens is 1. The van der Waals surface area contributed by atoms with E-state index in [9.17, 15) is 10.1 Å². The Kier molecular flexibility index (Phi) is 4.65. The number of ether oxygens (including phenoxy) is 1. The van der Waals surface area contributed by atoms with Gasteiger partial charge in [-0.05, 0) is 42.3 Å². The van der Waals surface area contributed by atoms with Crippen LogP contribution < -0.4 is 10.1 Å². The number of nitro benzene ring substituents is 1. The van der Waals surface area contributed by atoms with Crippen LogP contribution in [0.3, 0.4) is 0 Å². The third-order valence-electron chi connectivity index (χ3n) is 3.15. The van der Waals surface area contributed by atoms with Crippen molar-refractivity contribution in [3.63, 3.8) is 0 Å². The van der Waals surface area contributed by atoms with Gasteiger partial charge in [-0.2, -0.15) is 0 Å². The zero-order valence-corrected chi connectivity index (χ0v) is 12.5. The third kappa shape index (κ3) is 3.64. The van der Waals surface area contributed by atoms with E-state index in [1.54, 1.807) is 13.2 Å². The molecule has 2 aromatic rings. The molecule has 0 aliphatic carbocycles. The van der Waals surface area contributed by atoms with Crippen LogP contribution in [0.25, 0.3) is 0 Å². The van der Waals surface area contributed by atoms with E-state index in [-0.39, 0.29) is 5.69 Å². The van der Waals surface area contributed by atoms with Crippen molar-refractivity contribution in [1.82, 2.24) is 0 Å². The summed E-state index contributed by atoms with van der Waals surface area (Å²) < 4.78 is 5.15. The fourth-order valence-electron chi connectivity index (χ4n) is 1.95. The summed E-state index contributed by atoms with van der Waals surface area (Å²) in [5.74, 6) is 0.798. The Bertz CT molecular complexity index is 674. The molecule has 0 aromatic heterocycles. The van der Waals surface area contributed by atoms with Gasteiger partial charge in [0.1, 0.15) is 5.75 Å². The number of aryl methyl sites for hydroxylation is 1. The quantitative estimate of drug-likeness (QED) is 0.665. The van der Waals surface area contributed by atoms with Gasteiger partial charge in [0.05, 0.1) is 17.1 Å². The Morgan fingerprint density at radius 3 is 2.62 bits per heavy atom. The molecule has 0 radical (unpaired) electrons. The minimum absolute atomic E-state index is 0.00984. The monoisotopic (exact) mass is 306 g/mol. The van der Waals surface area contributed by atoms with Gasteiger partial charge in [-0.3, -0.25) is 10.1 Å². The number of rotatable bonds is 5. The van der Waals surface area contributed by atoms with E-state index in [2.05, 4.69) is 5.32 Å². The fourth-order valence-corrected chi connectivity index (χ4v) is 2.19. The highest BCUT2D eigenvalue weighted by Gasteiger charge is 2.09. The summed E-state index contributed by atoms with van der Waals surface area (Å²) in [6.07, 6.45) is 0. The van der Waals surface area contributed by atoms with Crippen molar-refractivity contribution >= 4 is 23.0 Å². The van der Waals surface area contributed by atoms with Gasteiger partial charge in [0, 0.05) is 24.4 Å². The Balaban J connectivity index is 2.11. The summed E-state index contributed by atoms with van der Waals surface area (Å²) in [7, 11) is 1.62. The van der Waals surface area contributed by atoms with Crippen LogP contribution in [0.2, 0.25) is 5.02 Å².